The number of hydrogen-bond donors (Lipinski definition) is 2. The number of ether oxygens (including phenoxy) is 1. The first-order valence-corrected chi connectivity index (χ1v) is 9.91. The second-order valence-electron chi connectivity index (χ2n) is 7.57. The van der Waals surface area contributed by atoms with Crippen molar-refractivity contribution < 1.29 is 9.53 Å². The molecule has 1 amide bonds. The summed E-state index contributed by atoms with van der Waals surface area (Å²) in [5.41, 5.74) is 1.16. The Balaban J connectivity index is 1.85. The fourth-order valence-corrected chi connectivity index (χ4v) is 3.17. The van der Waals surface area contributed by atoms with Gasteiger partial charge in [0.05, 0.1) is 13.7 Å². The van der Waals surface area contributed by atoms with Gasteiger partial charge in [-0.1, -0.05) is 26.0 Å². The van der Waals surface area contributed by atoms with Gasteiger partial charge in [-0.3, -0.25) is 9.79 Å². The van der Waals surface area contributed by atoms with Gasteiger partial charge < -0.3 is 20.3 Å². The number of likely N-dealkylation sites (tertiary alicyclic amines) is 1. The van der Waals surface area contributed by atoms with E-state index in [-0.39, 0.29) is 11.3 Å². The predicted molar refractivity (Wildman–Crippen MR) is 110 cm³/mol. The first-order chi connectivity index (χ1) is 13.0. The molecule has 0 aliphatic carbocycles. The Morgan fingerprint density at radius 1 is 1.26 bits per heavy atom. The minimum absolute atomic E-state index is 0.0728. The van der Waals surface area contributed by atoms with Crippen LogP contribution < -0.4 is 15.4 Å². The van der Waals surface area contributed by atoms with Crippen molar-refractivity contribution in [1.82, 2.24) is 15.5 Å². The van der Waals surface area contributed by atoms with E-state index in [9.17, 15) is 4.79 Å². The number of benzene rings is 1. The van der Waals surface area contributed by atoms with Gasteiger partial charge in [-0.15, -0.1) is 0 Å². The molecule has 0 aromatic heterocycles. The Morgan fingerprint density at radius 2 is 2.00 bits per heavy atom. The number of nitrogens with zero attached hydrogens (tertiary/aromatic N) is 2. The lowest BCUT2D eigenvalue weighted by Crippen LogP contribution is -2.40. The van der Waals surface area contributed by atoms with Crippen molar-refractivity contribution in [3.8, 4) is 5.75 Å². The molecule has 27 heavy (non-hydrogen) atoms. The topological polar surface area (TPSA) is 66.0 Å². The summed E-state index contributed by atoms with van der Waals surface area (Å²) in [7, 11) is 1.68. The Morgan fingerprint density at radius 3 is 2.59 bits per heavy atom. The van der Waals surface area contributed by atoms with E-state index >= 15 is 0 Å². The number of rotatable bonds is 9. The summed E-state index contributed by atoms with van der Waals surface area (Å²) in [4.78, 5) is 18.4. The van der Waals surface area contributed by atoms with Gasteiger partial charge in [0, 0.05) is 38.0 Å². The molecule has 1 heterocycles. The Labute approximate surface area is 163 Å². The molecule has 1 aliphatic heterocycles. The zero-order valence-electron chi connectivity index (χ0n) is 17.2. The van der Waals surface area contributed by atoms with E-state index in [1.165, 1.54) is 5.56 Å². The fraction of sp³-hybridized carbons (Fsp3) is 0.619. The van der Waals surface area contributed by atoms with Crippen LogP contribution in [0.4, 0.5) is 0 Å². The molecule has 1 saturated heterocycles. The van der Waals surface area contributed by atoms with Crippen LogP contribution in [-0.2, 0) is 10.2 Å². The lowest BCUT2D eigenvalue weighted by Gasteiger charge is -2.24. The smallest absolute Gasteiger partial charge is 0.222 e. The summed E-state index contributed by atoms with van der Waals surface area (Å²) in [5.74, 6) is 1.98. The van der Waals surface area contributed by atoms with Gasteiger partial charge in [0.25, 0.3) is 0 Å². The molecule has 0 radical (unpaired) electrons. The number of carbonyl (C=O) groups excluding carboxylic acids is 1. The van der Waals surface area contributed by atoms with E-state index in [0.717, 1.165) is 50.7 Å². The summed E-state index contributed by atoms with van der Waals surface area (Å²) in [5, 5.41) is 6.68. The summed E-state index contributed by atoms with van der Waals surface area (Å²) < 4.78 is 5.24. The van der Waals surface area contributed by atoms with Crippen LogP contribution in [0.3, 0.4) is 0 Å². The first-order valence-electron chi connectivity index (χ1n) is 9.91. The minimum atomic E-state index is -0.0728. The molecule has 150 valence electrons. The third-order valence-electron chi connectivity index (χ3n) is 4.92. The van der Waals surface area contributed by atoms with Gasteiger partial charge in [0.1, 0.15) is 5.75 Å². The average molecular weight is 375 g/mol. The summed E-state index contributed by atoms with van der Waals surface area (Å²) >= 11 is 0. The SMILES string of the molecule is CCNC(=NCC(C)(C)c1ccc(OC)cc1)NCCCN1CCCC1=O. The van der Waals surface area contributed by atoms with Crippen LogP contribution in [0.2, 0.25) is 0 Å². The number of methoxy groups -OCH3 is 1. The zero-order chi connectivity index (χ0) is 19.7. The molecule has 6 nitrogen and oxygen atoms in total. The van der Waals surface area contributed by atoms with E-state index in [0.29, 0.717) is 13.0 Å². The molecule has 0 atom stereocenters. The first kappa shape index (κ1) is 21.1. The molecule has 1 aliphatic rings. The molecule has 0 unspecified atom stereocenters. The van der Waals surface area contributed by atoms with Crippen LogP contribution in [0.1, 0.15) is 45.6 Å². The molecule has 6 heteroatoms. The van der Waals surface area contributed by atoms with Gasteiger partial charge >= 0.3 is 0 Å². The maximum absolute atomic E-state index is 11.7. The maximum atomic E-state index is 11.7. The van der Waals surface area contributed by atoms with Crippen molar-refractivity contribution >= 4 is 11.9 Å². The Bertz CT molecular complexity index is 626. The molecule has 0 spiro atoms. The molecule has 2 N–H and O–H groups in total. The van der Waals surface area contributed by atoms with Gasteiger partial charge in [0.2, 0.25) is 5.91 Å². The van der Waals surface area contributed by atoms with E-state index in [4.69, 9.17) is 9.73 Å². The zero-order valence-corrected chi connectivity index (χ0v) is 17.2. The van der Waals surface area contributed by atoms with Crippen molar-refractivity contribution in [2.45, 2.75) is 45.4 Å². The number of aliphatic imine (C=N–C) groups is 1. The molecule has 1 aromatic carbocycles. The molecular formula is C21H34N4O2. The fourth-order valence-electron chi connectivity index (χ4n) is 3.17. The molecule has 1 fully saturated rings. The molecule has 1 aromatic rings. The van der Waals surface area contributed by atoms with Crippen molar-refractivity contribution in [2.75, 3.05) is 39.8 Å². The maximum Gasteiger partial charge on any atom is 0.222 e. The standard InChI is InChI=1S/C21H34N4O2/c1-5-22-20(23-13-7-15-25-14-6-8-19(25)26)24-16-21(2,3)17-9-11-18(27-4)12-10-17/h9-12H,5-8,13-16H2,1-4H3,(H2,22,23,24). The van der Waals surface area contributed by atoms with Gasteiger partial charge in [-0.25, -0.2) is 0 Å². The average Bonchev–Trinajstić information content (AvgIpc) is 3.08. The molecule has 2 rings (SSSR count). The van der Waals surface area contributed by atoms with Crippen LogP contribution in [0.5, 0.6) is 5.75 Å². The molecule has 0 bridgehead atoms. The van der Waals surface area contributed by atoms with Crippen LogP contribution in [0.15, 0.2) is 29.3 Å². The summed E-state index contributed by atoms with van der Waals surface area (Å²) in [6, 6.07) is 8.18. The van der Waals surface area contributed by atoms with Crippen LogP contribution in [0, 0.1) is 0 Å². The van der Waals surface area contributed by atoms with Crippen molar-refractivity contribution in [2.24, 2.45) is 4.99 Å². The van der Waals surface area contributed by atoms with E-state index in [1.807, 2.05) is 17.0 Å². The highest BCUT2D eigenvalue weighted by Gasteiger charge is 2.21. The predicted octanol–water partition coefficient (Wildman–Crippen LogP) is 2.54. The number of nitrogens with one attached hydrogen (secondary N) is 2. The third-order valence-corrected chi connectivity index (χ3v) is 4.92. The van der Waals surface area contributed by atoms with E-state index in [2.05, 4.69) is 43.5 Å². The number of hydrogen-bond acceptors (Lipinski definition) is 3. The van der Waals surface area contributed by atoms with Crippen molar-refractivity contribution in [3.05, 3.63) is 29.8 Å². The third kappa shape index (κ3) is 6.45. The highest BCUT2D eigenvalue weighted by atomic mass is 16.5. The quantitative estimate of drug-likeness (QED) is 0.396. The van der Waals surface area contributed by atoms with Crippen molar-refractivity contribution in [3.63, 3.8) is 0 Å². The highest BCUT2D eigenvalue weighted by molar-refractivity contribution is 5.80. The minimum Gasteiger partial charge on any atom is -0.497 e. The van der Waals surface area contributed by atoms with Crippen LogP contribution in [-0.4, -0.2) is 56.6 Å². The molecule has 0 saturated carbocycles. The van der Waals surface area contributed by atoms with Crippen LogP contribution in [0.25, 0.3) is 0 Å². The normalized spacial score (nSPS) is 15.2. The van der Waals surface area contributed by atoms with Gasteiger partial charge in [-0.2, -0.15) is 0 Å². The largest absolute Gasteiger partial charge is 0.497 e. The molecular weight excluding hydrogens is 340 g/mol. The number of guanidine groups is 1. The Hall–Kier alpha value is -2.24. The summed E-state index contributed by atoms with van der Waals surface area (Å²) in [6.07, 6.45) is 2.63. The van der Waals surface area contributed by atoms with E-state index in [1.54, 1.807) is 7.11 Å². The second-order valence-corrected chi connectivity index (χ2v) is 7.57. The second kappa shape index (κ2) is 10.2. The van der Waals surface area contributed by atoms with Crippen molar-refractivity contribution in [1.29, 1.82) is 0 Å². The lowest BCUT2D eigenvalue weighted by atomic mass is 9.85. The van der Waals surface area contributed by atoms with Gasteiger partial charge in [-0.05, 0) is 37.5 Å². The van der Waals surface area contributed by atoms with E-state index < -0.39 is 0 Å². The van der Waals surface area contributed by atoms with Crippen LogP contribution >= 0.6 is 0 Å². The monoisotopic (exact) mass is 374 g/mol. The lowest BCUT2D eigenvalue weighted by molar-refractivity contribution is -0.127. The Kier molecular flexibility index (Phi) is 7.95. The number of amides is 1. The number of carbonyl (C=O) groups is 1. The highest BCUT2D eigenvalue weighted by Crippen LogP contribution is 2.25. The summed E-state index contributed by atoms with van der Waals surface area (Å²) in [6.45, 7) is 10.5. The van der Waals surface area contributed by atoms with Gasteiger partial charge in [0.15, 0.2) is 5.96 Å².